The molecule has 0 saturated carbocycles. The fourth-order valence-electron chi connectivity index (χ4n) is 3.17. The molecule has 0 amide bonds. The molecule has 1 aromatic heterocycles. The molecule has 0 aliphatic carbocycles. The zero-order valence-corrected chi connectivity index (χ0v) is 17.5. The van der Waals surface area contributed by atoms with Gasteiger partial charge in [0.1, 0.15) is 5.56 Å². The van der Waals surface area contributed by atoms with Gasteiger partial charge in [-0.05, 0) is 30.0 Å². The number of hydrogen-bond donors (Lipinski definition) is 1. The highest BCUT2D eigenvalue weighted by Gasteiger charge is 2.22. The normalized spacial score (nSPS) is 16.8. The Morgan fingerprint density at radius 2 is 2.10 bits per heavy atom. The van der Waals surface area contributed by atoms with Crippen LogP contribution >= 0.6 is 0 Å². The van der Waals surface area contributed by atoms with E-state index in [1.165, 1.54) is 11.8 Å². The number of aromatic nitrogens is 2. The first-order valence-electron chi connectivity index (χ1n) is 10.4. The van der Waals surface area contributed by atoms with Crippen LogP contribution in [0, 0.1) is 0 Å². The minimum absolute atomic E-state index is 0.112. The molecule has 1 fully saturated rings. The highest BCUT2D eigenvalue weighted by molar-refractivity contribution is 5.92. The summed E-state index contributed by atoms with van der Waals surface area (Å²) in [5, 5.41) is 7.71. The Morgan fingerprint density at radius 3 is 2.76 bits per heavy atom. The Hall–Kier alpha value is -2.38. The number of nitrogens with zero attached hydrogens (tertiary/aromatic N) is 2. The molecule has 29 heavy (non-hydrogen) atoms. The molecule has 158 valence electrons. The van der Waals surface area contributed by atoms with Gasteiger partial charge in [-0.3, -0.25) is 0 Å². The second kappa shape index (κ2) is 10.4. The molecule has 1 unspecified atom stereocenters. The summed E-state index contributed by atoms with van der Waals surface area (Å²) in [6.07, 6.45) is 3.12. The summed E-state index contributed by atoms with van der Waals surface area (Å²) in [5.41, 5.74) is 2.43. The van der Waals surface area contributed by atoms with Crippen molar-refractivity contribution in [2.24, 2.45) is 0 Å². The Bertz CT molecular complexity index is 780. The topological polar surface area (TPSA) is 74.6 Å². The molecule has 1 aliphatic rings. The molecule has 7 nitrogen and oxygen atoms in total. The third-order valence-electron chi connectivity index (χ3n) is 4.87. The summed E-state index contributed by atoms with van der Waals surface area (Å²) >= 11 is 0. The van der Waals surface area contributed by atoms with Crippen molar-refractivity contribution < 1.29 is 19.0 Å². The molecule has 2 aromatic rings. The first-order valence-corrected chi connectivity index (χ1v) is 10.4. The van der Waals surface area contributed by atoms with Crippen LogP contribution < -0.4 is 10.1 Å². The first-order chi connectivity index (χ1) is 14.1. The van der Waals surface area contributed by atoms with Crippen LogP contribution in [0.5, 0.6) is 5.88 Å². The maximum absolute atomic E-state index is 12.5. The van der Waals surface area contributed by atoms with Gasteiger partial charge in [-0.15, -0.1) is 0 Å². The van der Waals surface area contributed by atoms with Gasteiger partial charge < -0.3 is 19.5 Å². The van der Waals surface area contributed by atoms with Crippen molar-refractivity contribution in [1.29, 1.82) is 0 Å². The molecule has 1 atom stereocenters. The molecule has 0 spiro atoms. The van der Waals surface area contributed by atoms with Gasteiger partial charge in [-0.1, -0.05) is 32.9 Å². The van der Waals surface area contributed by atoms with Gasteiger partial charge in [0.15, 0.2) is 0 Å². The molecule has 0 radical (unpaired) electrons. The quantitative estimate of drug-likeness (QED) is 0.650. The predicted octanol–water partition coefficient (Wildman–Crippen LogP) is 3.32. The van der Waals surface area contributed by atoms with Crippen molar-refractivity contribution >= 4 is 5.97 Å². The van der Waals surface area contributed by atoms with E-state index in [1.54, 1.807) is 4.68 Å². The SMILES string of the molecule is CCCOC(=O)c1cnn(-c2ccc(C(C)C)cc2)c1OCCC1CNCCO1. The number of esters is 1. The van der Waals surface area contributed by atoms with Crippen molar-refractivity contribution in [2.75, 3.05) is 32.9 Å². The van der Waals surface area contributed by atoms with Crippen molar-refractivity contribution in [3.05, 3.63) is 41.6 Å². The van der Waals surface area contributed by atoms with Crippen LogP contribution in [-0.4, -0.2) is 54.8 Å². The average molecular weight is 402 g/mol. The largest absolute Gasteiger partial charge is 0.477 e. The summed E-state index contributed by atoms with van der Waals surface area (Å²) in [7, 11) is 0. The number of hydrogen-bond acceptors (Lipinski definition) is 6. The van der Waals surface area contributed by atoms with E-state index in [4.69, 9.17) is 14.2 Å². The maximum Gasteiger partial charge on any atom is 0.345 e. The Morgan fingerprint density at radius 1 is 1.31 bits per heavy atom. The molecular formula is C22H31N3O4. The summed E-state index contributed by atoms with van der Waals surface area (Å²) in [6, 6.07) is 8.12. The smallest absolute Gasteiger partial charge is 0.345 e. The van der Waals surface area contributed by atoms with Gasteiger partial charge in [-0.25, -0.2) is 9.48 Å². The van der Waals surface area contributed by atoms with Gasteiger partial charge in [0.25, 0.3) is 0 Å². The lowest BCUT2D eigenvalue weighted by Gasteiger charge is -2.23. The fraction of sp³-hybridized carbons (Fsp3) is 0.545. The summed E-state index contributed by atoms with van der Waals surface area (Å²) in [4.78, 5) is 12.5. The van der Waals surface area contributed by atoms with Gasteiger partial charge >= 0.3 is 5.97 Å². The van der Waals surface area contributed by atoms with Crippen molar-refractivity contribution in [1.82, 2.24) is 15.1 Å². The Kier molecular flexibility index (Phi) is 7.66. The van der Waals surface area contributed by atoms with Crippen LogP contribution in [0.25, 0.3) is 5.69 Å². The van der Waals surface area contributed by atoms with Crippen LogP contribution in [0.2, 0.25) is 0 Å². The number of rotatable bonds is 9. The third-order valence-corrected chi connectivity index (χ3v) is 4.87. The number of nitrogens with one attached hydrogen (secondary N) is 1. The third kappa shape index (κ3) is 5.58. The zero-order chi connectivity index (χ0) is 20.6. The molecule has 1 aromatic carbocycles. The molecule has 2 heterocycles. The van der Waals surface area contributed by atoms with Gasteiger partial charge in [-0.2, -0.15) is 5.10 Å². The minimum Gasteiger partial charge on any atom is -0.477 e. The zero-order valence-electron chi connectivity index (χ0n) is 17.5. The van der Waals surface area contributed by atoms with E-state index in [9.17, 15) is 4.79 Å². The van der Waals surface area contributed by atoms with Crippen LogP contribution in [-0.2, 0) is 9.47 Å². The van der Waals surface area contributed by atoms with E-state index in [-0.39, 0.29) is 6.10 Å². The number of ether oxygens (including phenoxy) is 3. The first kappa shape index (κ1) is 21.3. The molecule has 0 bridgehead atoms. The van der Waals surface area contributed by atoms with Crippen molar-refractivity contribution in [2.45, 2.75) is 45.6 Å². The highest BCUT2D eigenvalue weighted by atomic mass is 16.5. The Balaban J connectivity index is 1.78. The second-order valence-electron chi connectivity index (χ2n) is 7.49. The van der Waals surface area contributed by atoms with E-state index in [0.717, 1.165) is 31.6 Å². The average Bonchev–Trinajstić information content (AvgIpc) is 3.16. The second-order valence-corrected chi connectivity index (χ2v) is 7.49. The number of carbonyl (C=O) groups is 1. The van der Waals surface area contributed by atoms with E-state index in [1.807, 2.05) is 19.1 Å². The van der Waals surface area contributed by atoms with Crippen molar-refractivity contribution in [3.8, 4) is 11.6 Å². The van der Waals surface area contributed by atoms with Gasteiger partial charge in [0, 0.05) is 19.5 Å². The van der Waals surface area contributed by atoms with Crippen LogP contribution in [0.3, 0.4) is 0 Å². The van der Waals surface area contributed by atoms with Gasteiger partial charge in [0.2, 0.25) is 5.88 Å². The molecule has 1 aliphatic heterocycles. The monoisotopic (exact) mass is 401 g/mol. The summed E-state index contributed by atoms with van der Waals surface area (Å²) in [6.45, 7) is 9.46. The molecule has 1 N–H and O–H groups in total. The van der Waals surface area contributed by atoms with E-state index in [2.05, 4.69) is 36.4 Å². The molecule has 3 rings (SSSR count). The lowest BCUT2D eigenvalue weighted by molar-refractivity contribution is 0.0152. The van der Waals surface area contributed by atoms with Gasteiger partial charge in [0.05, 0.1) is 37.8 Å². The summed E-state index contributed by atoms with van der Waals surface area (Å²) < 4.78 is 18.7. The standard InChI is InChI=1S/C22H31N3O4/c1-4-11-29-22(26)20-15-24-25(18-7-5-17(6-8-18)16(2)3)21(20)28-12-9-19-14-23-10-13-27-19/h5-8,15-16,19,23H,4,9-14H2,1-3H3. The number of carbonyl (C=O) groups excluding carboxylic acids is 1. The van der Waals surface area contributed by atoms with E-state index in [0.29, 0.717) is 37.2 Å². The minimum atomic E-state index is -0.414. The predicted molar refractivity (Wildman–Crippen MR) is 111 cm³/mol. The molecule has 1 saturated heterocycles. The number of benzene rings is 1. The van der Waals surface area contributed by atoms with Crippen LogP contribution in [0.1, 0.15) is 55.5 Å². The Labute approximate surface area is 172 Å². The maximum atomic E-state index is 12.5. The summed E-state index contributed by atoms with van der Waals surface area (Å²) in [5.74, 6) is 0.440. The van der Waals surface area contributed by atoms with E-state index >= 15 is 0 Å². The van der Waals surface area contributed by atoms with Crippen molar-refractivity contribution in [3.63, 3.8) is 0 Å². The van der Waals surface area contributed by atoms with Crippen LogP contribution in [0.15, 0.2) is 30.5 Å². The lowest BCUT2D eigenvalue weighted by atomic mass is 10.0. The number of morpholine rings is 1. The highest BCUT2D eigenvalue weighted by Crippen LogP contribution is 2.25. The lowest BCUT2D eigenvalue weighted by Crippen LogP contribution is -2.39. The van der Waals surface area contributed by atoms with Crippen LogP contribution in [0.4, 0.5) is 0 Å². The molecule has 7 heteroatoms. The van der Waals surface area contributed by atoms with E-state index < -0.39 is 5.97 Å². The fourth-order valence-corrected chi connectivity index (χ4v) is 3.17. The molecular weight excluding hydrogens is 370 g/mol.